The lowest BCUT2D eigenvalue weighted by Crippen LogP contribution is -2.53. The molecule has 8 heteroatoms. The molecule has 0 radical (unpaired) electrons. The minimum absolute atomic E-state index is 0.202. The van der Waals surface area contributed by atoms with Crippen LogP contribution in [0.1, 0.15) is 5.56 Å². The largest absolute Gasteiger partial charge is 0.375 e. The Morgan fingerprint density at radius 1 is 1.20 bits per heavy atom. The maximum absolute atomic E-state index is 11.5. The fourth-order valence-electron chi connectivity index (χ4n) is 3.10. The van der Waals surface area contributed by atoms with E-state index in [0.717, 1.165) is 31.0 Å². The highest BCUT2D eigenvalue weighted by Crippen LogP contribution is 2.19. The summed E-state index contributed by atoms with van der Waals surface area (Å²) in [5.41, 5.74) is 2.08. The fourth-order valence-corrected chi connectivity index (χ4v) is 3.10. The van der Waals surface area contributed by atoms with Crippen LogP contribution < -0.4 is 15.9 Å². The second-order valence-corrected chi connectivity index (χ2v) is 6.10. The van der Waals surface area contributed by atoms with Gasteiger partial charge in [-0.05, 0) is 5.56 Å². The maximum Gasteiger partial charge on any atom is 0.325 e. The number of imidazole rings is 1. The number of anilines is 1. The van der Waals surface area contributed by atoms with Crippen LogP contribution in [0.25, 0.3) is 11.2 Å². The van der Waals surface area contributed by atoms with Crippen molar-refractivity contribution in [1.82, 2.24) is 25.3 Å². The molecule has 2 aromatic heterocycles. The summed E-state index contributed by atoms with van der Waals surface area (Å²) in [7, 11) is 0. The monoisotopic (exact) mass is 340 g/mol. The first kappa shape index (κ1) is 15.8. The van der Waals surface area contributed by atoms with E-state index in [1.54, 1.807) is 0 Å². The molecule has 1 atom stereocenters. The van der Waals surface area contributed by atoms with Crippen molar-refractivity contribution in [3.05, 3.63) is 52.7 Å². The Bertz CT molecular complexity index is 891. The zero-order valence-corrected chi connectivity index (χ0v) is 13.7. The van der Waals surface area contributed by atoms with Crippen LogP contribution in [0.2, 0.25) is 0 Å². The third-order valence-electron chi connectivity index (χ3n) is 4.28. The lowest BCUT2D eigenvalue weighted by Gasteiger charge is -2.34. The number of piperazine rings is 1. The van der Waals surface area contributed by atoms with E-state index in [1.165, 1.54) is 6.33 Å². The first-order chi connectivity index (χ1) is 12.3. The third kappa shape index (κ3) is 3.54. The van der Waals surface area contributed by atoms with E-state index in [9.17, 15) is 4.79 Å². The summed E-state index contributed by atoms with van der Waals surface area (Å²) in [5.74, 6) is 0.748. The lowest BCUT2D eigenvalue weighted by atomic mass is 10.2. The van der Waals surface area contributed by atoms with Gasteiger partial charge in [0.2, 0.25) is 0 Å². The molecule has 0 unspecified atom stereocenters. The van der Waals surface area contributed by atoms with Gasteiger partial charge in [0, 0.05) is 25.7 Å². The molecule has 3 N–H and O–H groups in total. The number of nitrogens with one attached hydrogen (secondary N) is 3. The number of benzene rings is 1. The third-order valence-corrected chi connectivity index (χ3v) is 4.28. The number of aromatic nitrogens is 4. The molecule has 1 aliphatic heterocycles. The Hall–Kier alpha value is -2.71. The Kier molecular flexibility index (Phi) is 4.45. The molecule has 0 aliphatic carbocycles. The normalized spacial score (nSPS) is 17.9. The minimum Gasteiger partial charge on any atom is -0.375 e. The summed E-state index contributed by atoms with van der Waals surface area (Å²) in [6, 6.07) is 10.3. The number of H-pyrrole nitrogens is 2. The van der Waals surface area contributed by atoms with Crippen LogP contribution in [0.15, 0.2) is 41.5 Å². The number of fused-ring (bicyclic) bond motifs is 1. The number of hydrogen-bond acceptors (Lipinski definition) is 6. The van der Waals surface area contributed by atoms with Gasteiger partial charge in [0.1, 0.15) is 11.8 Å². The van der Waals surface area contributed by atoms with Gasteiger partial charge in [-0.25, -0.2) is 14.8 Å². The average Bonchev–Trinajstić information content (AvgIpc) is 3.03. The number of aromatic amines is 2. The van der Waals surface area contributed by atoms with Crippen LogP contribution in [-0.2, 0) is 11.3 Å². The van der Waals surface area contributed by atoms with Crippen molar-refractivity contribution in [3.63, 3.8) is 0 Å². The Labute approximate surface area is 144 Å². The van der Waals surface area contributed by atoms with Crippen molar-refractivity contribution in [3.8, 4) is 0 Å². The van der Waals surface area contributed by atoms with Crippen molar-refractivity contribution in [2.45, 2.75) is 12.6 Å². The predicted molar refractivity (Wildman–Crippen MR) is 94.6 cm³/mol. The molecule has 1 saturated heterocycles. The minimum atomic E-state index is -0.269. The zero-order valence-electron chi connectivity index (χ0n) is 13.7. The molecule has 4 rings (SSSR count). The van der Waals surface area contributed by atoms with Gasteiger partial charge in [0.25, 0.3) is 0 Å². The molecule has 3 aromatic rings. The van der Waals surface area contributed by atoms with Gasteiger partial charge in [-0.3, -0.25) is 4.98 Å². The Morgan fingerprint density at radius 2 is 2.08 bits per heavy atom. The fraction of sp³-hybridized carbons (Fsp3) is 0.353. The van der Waals surface area contributed by atoms with Crippen molar-refractivity contribution in [2.24, 2.45) is 0 Å². The van der Waals surface area contributed by atoms with E-state index < -0.39 is 0 Å². The van der Waals surface area contributed by atoms with Crippen molar-refractivity contribution in [1.29, 1.82) is 0 Å². The van der Waals surface area contributed by atoms with Gasteiger partial charge in [0.05, 0.1) is 13.2 Å². The number of ether oxygens (including phenoxy) is 1. The highest BCUT2D eigenvalue weighted by molar-refractivity contribution is 5.82. The van der Waals surface area contributed by atoms with Gasteiger partial charge in [-0.1, -0.05) is 30.3 Å². The maximum atomic E-state index is 11.5. The van der Waals surface area contributed by atoms with E-state index in [2.05, 4.69) is 42.3 Å². The standard InChI is InChI=1S/C17H20N6O2/c24-17-21-14-15(22-17)19-11-20-16(14)23-7-6-18-13(8-23)10-25-9-12-4-2-1-3-5-12/h1-5,11,13,18H,6-10H2,(H2,19,20,21,22,24)/t13-/m1/s1. The zero-order chi connectivity index (χ0) is 17.1. The van der Waals surface area contributed by atoms with E-state index in [-0.39, 0.29) is 11.7 Å². The van der Waals surface area contributed by atoms with E-state index in [4.69, 9.17) is 4.74 Å². The first-order valence-corrected chi connectivity index (χ1v) is 8.32. The lowest BCUT2D eigenvalue weighted by molar-refractivity contribution is 0.0971. The molecule has 1 fully saturated rings. The second kappa shape index (κ2) is 7.04. The van der Waals surface area contributed by atoms with Crippen LogP contribution in [0.5, 0.6) is 0 Å². The molecule has 130 valence electrons. The molecule has 1 aliphatic rings. The quantitative estimate of drug-likeness (QED) is 0.630. The molecular formula is C17H20N6O2. The van der Waals surface area contributed by atoms with Crippen molar-refractivity contribution < 1.29 is 4.74 Å². The Morgan fingerprint density at radius 3 is 2.96 bits per heavy atom. The van der Waals surface area contributed by atoms with E-state index in [1.807, 2.05) is 18.2 Å². The molecule has 8 nitrogen and oxygen atoms in total. The van der Waals surface area contributed by atoms with Crippen molar-refractivity contribution >= 4 is 17.0 Å². The van der Waals surface area contributed by atoms with E-state index >= 15 is 0 Å². The summed E-state index contributed by atoms with van der Waals surface area (Å²) < 4.78 is 5.85. The van der Waals surface area contributed by atoms with Crippen LogP contribution in [0, 0.1) is 0 Å². The van der Waals surface area contributed by atoms with Crippen LogP contribution >= 0.6 is 0 Å². The van der Waals surface area contributed by atoms with Crippen LogP contribution in [-0.4, -0.2) is 52.2 Å². The molecule has 0 saturated carbocycles. The van der Waals surface area contributed by atoms with Crippen molar-refractivity contribution in [2.75, 3.05) is 31.1 Å². The average molecular weight is 340 g/mol. The first-order valence-electron chi connectivity index (χ1n) is 8.32. The SMILES string of the molecule is O=c1[nH]c2ncnc(N3CCN[C@@H](COCc4ccccc4)C3)c2[nH]1. The predicted octanol–water partition coefficient (Wildman–Crippen LogP) is 0.641. The molecule has 0 spiro atoms. The summed E-state index contributed by atoms with van der Waals surface area (Å²) in [4.78, 5) is 27.6. The molecule has 0 amide bonds. The van der Waals surface area contributed by atoms with E-state index in [0.29, 0.717) is 24.4 Å². The highest BCUT2D eigenvalue weighted by Gasteiger charge is 2.23. The molecule has 3 heterocycles. The summed E-state index contributed by atoms with van der Waals surface area (Å²) in [6.45, 7) is 3.62. The van der Waals surface area contributed by atoms with Crippen LogP contribution in [0.4, 0.5) is 5.82 Å². The van der Waals surface area contributed by atoms with Gasteiger partial charge in [-0.15, -0.1) is 0 Å². The summed E-state index contributed by atoms with van der Waals surface area (Å²) >= 11 is 0. The van der Waals surface area contributed by atoms with Gasteiger partial charge in [0.15, 0.2) is 11.5 Å². The topological polar surface area (TPSA) is 98.9 Å². The molecule has 1 aromatic carbocycles. The summed E-state index contributed by atoms with van der Waals surface area (Å²) in [6.07, 6.45) is 1.48. The highest BCUT2D eigenvalue weighted by atomic mass is 16.5. The molecule has 25 heavy (non-hydrogen) atoms. The number of hydrogen-bond donors (Lipinski definition) is 3. The molecular weight excluding hydrogens is 320 g/mol. The second-order valence-electron chi connectivity index (χ2n) is 6.10. The van der Waals surface area contributed by atoms with Gasteiger partial charge >= 0.3 is 5.69 Å². The van der Waals surface area contributed by atoms with Crippen LogP contribution in [0.3, 0.4) is 0 Å². The molecule has 0 bridgehead atoms. The number of nitrogens with zero attached hydrogens (tertiary/aromatic N) is 3. The Balaban J connectivity index is 1.41. The summed E-state index contributed by atoms with van der Waals surface area (Å²) in [5, 5.41) is 3.47. The smallest absolute Gasteiger partial charge is 0.325 e. The van der Waals surface area contributed by atoms with Gasteiger partial charge < -0.3 is 19.9 Å². The number of rotatable bonds is 5. The van der Waals surface area contributed by atoms with Gasteiger partial charge in [-0.2, -0.15) is 0 Å².